The maximum absolute atomic E-state index is 12.2. The van der Waals surface area contributed by atoms with Gasteiger partial charge in [0.25, 0.3) is 0 Å². The van der Waals surface area contributed by atoms with E-state index in [4.69, 9.17) is 0 Å². The van der Waals surface area contributed by atoms with Crippen molar-refractivity contribution in [2.45, 2.75) is 51.2 Å². The summed E-state index contributed by atoms with van der Waals surface area (Å²) in [5.74, 6) is 0.265. The first-order chi connectivity index (χ1) is 9.07. The Morgan fingerprint density at radius 3 is 2.89 bits per heavy atom. The highest BCUT2D eigenvalue weighted by molar-refractivity contribution is 5.84. The van der Waals surface area contributed by atoms with Gasteiger partial charge in [-0.2, -0.15) is 0 Å². The van der Waals surface area contributed by atoms with Crippen molar-refractivity contribution in [3.8, 4) is 0 Å². The van der Waals surface area contributed by atoms with Crippen molar-refractivity contribution in [2.75, 3.05) is 13.6 Å². The maximum atomic E-state index is 12.2. The Kier molecular flexibility index (Phi) is 7.03. The third kappa shape index (κ3) is 4.92. The second-order valence-corrected chi connectivity index (χ2v) is 5.57. The molecule has 0 saturated carbocycles. The summed E-state index contributed by atoms with van der Waals surface area (Å²) in [6.45, 7) is 6.52. The molecule has 1 N–H and O–H groups in total. The Hall–Kier alpha value is -0.930. The van der Waals surface area contributed by atoms with Crippen LogP contribution in [0.4, 0.5) is 0 Å². The molecule has 1 aliphatic rings. The first-order valence-electron chi connectivity index (χ1n) is 7.26. The normalized spacial score (nSPS) is 25.8. The SMILES string of the molecule is C=C/C=C\C[C@@H](C)[C@@H](O)[C@H]1C(=O)CCCCCN1C. The van der Waals surface area contributed by atoms with Gasteiger partial charge in [-0.25, -0.2) is 0 Å². The van der Waals surface area contributed by atoms with Gasteiger partial charge in [0.2, 0.25) is 0 Å². The van der Waals surface area contributed by atoms with Crippen molar-refractivity contribution in [3.05, 3.63) is 24.8 Å². The molecule has 0 amide bonds. The van der Waals surface area contributed by atoms with Crippen LogP contribution in [-0.2, 0) is 4.79 Å². The minimum absolute atomic E-state index is 0.0760. The summed E-state index contributed by atoms with van der Waals surface area (Å²) in [6, 6.07) is -0.340. The third-order valence-corrected chi connectivity index (χ3v) is 3.93. The smallest absolute Gasteiger partial charge is 0.152 e. The molecule has 0 spiro atoms. The molecule has 0 aromatic rings. The largest absolute Gasteiger partial charge is 0.391 e. The number of aliphatic hydroxyl groups is 1. The van der Waals surface area contributed by atoms with E-state index < -0.39 is 6.10 Å². The van der Waals surface area contributed by atoms with Crippen molar-refractivity contribution >= 4 is 5.78 Å². The number of allylic oxidation sites excluding steroid dienone is 3. The summed E-state index contributed by atoms with van der Waals surface area (Å²) in [4.78, 5) is 14.2. The van der Waals surface area contributed by atoms with E-state index in [1.54, 1.807) is 6.08 Å². The first-order valence-corrected chi connectivity index (χ1v) is 7.26. The number of likely N-dealkylation sites (tertiary alicyclic amines) is 1. The van der Waals surface area contributed by atoms with E-state index in [9.17, 15) is 9.90 Å². The number of carbonyl (C=O) groups excluding carboxylic acids is 1. The van der Waals surface area contributed by atoms with E-state index in [0.29, 0.717) is 6.42 Å². The molecule has 0 aliphatic carbocycles. The van der Waals surface area contributed by atoms with Gasteiger partial charge in [0.05, 0.1) is 12.1 Å². The van der Waals surface area contributed by atoms with Crippen LogP contribution >= 0.6 is 0 Å². The predicted octanol–water partition coefficient (Wildman–Crippen LogP) is 2.56. The van der Waals surface area contributed by atoms with Crippen LogP contribution in [0.15, 0.2) is 24.8 Å². The summed E-state index contributed by atoms with van der Waals surface area (Å²) < 4.78 is 0. The van der Waals surface area contributed by atoms with E-state index in [1.807, 2.05) is 31.0 Å². The highest BCUT2D eigenvalue weighted by Gasteiger charge is 2.33. The highest BCUT2D eigenvalue weighted by atomic mass is 16.3. The Balaban J connectivity index is 2.68. The number of hydrogen-bond donors (Lipinski definition) is 1. The zero-order chi connectivity index (χ0) is 14.3. The lowest BCUT2D eigenvalue weighted by atomic mass is 9.88. The van der Waals surface area contributed by atoms with Gasteiger partial charge in [-0.1, -0.05) is 38.2 Å². The molecule has 3 heteroatoms. The number of hydrogen-bond acceptors (Lipinski definition) is 3. The Bertz CT molecular complexity index is 325. The number of carbonyl (C=O) groups is 1. The second kappa shape index (κ2) is 8.28. The molecule has 0 bridgehead atoms. The average Bonchev–Trinajstić information content (AvgIpc) is 2.36. The Labute approximate surface area is 117 Å². The summed E-state index contributed by atoms with van der Waals surface area (Å²) >= 11 is 0. The molecule has 1 rings (SSSR count). The molecule has 3 atom stereocenters. The molecule has 19 heavy (non-hydrogen) atoms. The molecule has 1 saturated heterocycles. The summed E-state index contributed by atoms with van der Waals surface area (Å²) in [6.07, 6.45) is 9.55. The highest BCUT2D eigenvalue weighted by Crippen LogP contribution is 2.21. The van der Waals surface area contributed by atoms with Gasteiger partial charge in [-0.15, -0.1) is 0 Å². The fourth-order valence-electron chi connectivity index (χ4n) is 2.66. The lowest BCUT2D eigenvalue weighted by Crippen LogP contribution is -2.50. The summed E-state index contributed by atoms with van der Waals surface area (Å²) in [5.41, 5.74) is 0. The lowest BCUT2D eigenvalue weighted by Gasteiger charge is -2.34. The number of Topliss-reactive ketones (excluding diaryl/α,β-unsaturated/α-hetero) is 1. The Morgan fingerprint density at radius 2 is 2.21 bits per heavy atom. The van der Waals surface area contributed by atoms with Crippen molar-refractivity contribution in [1.82, 2.24) is 4.90 Å². The zero-order valence-corrected chi connectivity index (χ0v) is 12.2. The number of likely N-dealkylation sites (N-methyl/N-ethyl adjacent to an activating group) is 1. The predicted molar refractivity (Wildman–Crippen MR) is 79.0 cm³/mol. The second-order valence-electron chi connectivity index (χ2n) is 5.57. The van der Waals surface area contributed by atoms with Crippen LogP contribution in [0.3, 0.4) is 0 Å². The van der Waals surface area contributed by atoms with Crippen LogP contribution in [0, 0.1) is 5.92 Å². The van der Waals surface area contributed by atoms with Crippen molar-refractivity contribution in [1.29, 1.82) is 0 Å². The number of rotatable bonds is 5. The van der Waals surface area contributed by atoms with Crippen LogP contribution in [0.2, 0.25) is 0 Å². The minimum Gasteiger partial charge on any atom is -0.391 e. The molecule has 1 fully saturated rings. The van der Waals surface area contributed by atoms with Crippen LogP contribution in [-0.4, -0.2) is 41.5 Å². The third-order valence-electron chi connectivity index (χ3n) is 3.93. The van der Waals surface area contributed by atoms with Crippen molar-refractivity contribution in [3.63, 3.8) is 0 Å². The maximum Gasteiger partial charge on any atom is 0.152 e. The molecule has 1 aliphatic heterocycles. The fraction of sp³-hybridized carbons (Fsp3) is 0.688. The van der Waals surface area contributed by atoms with Gasteiger partial charge in [0.1, 0.15) is 0 Å². The van der Waals surface area contributed by atoms with E-state index in [0.717, 1.165) is 32.2 Å². The molecule has 0 aromatic heterocycles. The van der Waals surface area contributed by atoms with E-state index in [-0.39, 0.29) is 17.7 Å². The minimum atomic E-state index is -0.593. The van der Waals surface area contributed by atoms with E-state index >= 15 is 0 Å². The van der Waals surface area contributed by atoms with Gasteiger partial charge < -0.3 is 5.11 Å². The van der Waals surface area contributed by atoms with Crippen molar-refractivity contribution < 1.29 is 9.90 Å². The van der Waals surface area contributed by atoms with Gasteiger partial charge in [0.15, 0.2) is 5.78 Å². The quantitative estimate of drug-likeness (QED) is 0.777. The Morgan fingerprint density at radius 1 is 1.47 bits per heavy atom. The number of nitrogens with zero attached hydrogens (tertiary/aromatic N) is 1. The van der Waals surface area contributed by atoms with Crippen LogP contribution in [0.5, 0.6) is 0 Å². The monoisotopic (exact) mass is 265 g/mol. The molecule has 0 aromatic carbocycles. The molecule has 1 heterocycles. The van der Waals surface area contributed by atoms with E-state index in [1.165, 1.54) is 0 Å². The molecule has 0 unspecified atom stereocenters. The molecule has 108 valence electrons. The fourth-order valence-corrected chi connectivity index (χ4v) is 2.66. The standard InChI is InChI=1S/C16H27NO2/c1-4-5-7-10-13(2)16(19)15-14(18)11-8-6-9-12-17(15)3/h4-5,7,13,15-16,19H,1,6,8-12H2,2-3H3/b7-5-/t13-,15-,16-/m1/s1. The first kappa shape index (κ1) is 16.1. The summed E-state index contributed by atoms with van der Waals surface area (Å²) in [7, 11) is 1.95. The molecular weight excluding hydrogens is 238 g/mol. The molecule has 0 radical (unpaired) electrons. The van der Waals surface area contributed by atoms with E-state index in [2.05, 4.69) is 6.58 Å². The van der Waals surface area contributed by atoms with Gasteiger partial charge >= 0.3 is 0 Å². The van der Waals surface area contributed by atoms with Crippen molar-refractivity contribution in [2.24, 2.45) is 5.92 Å². The average molecular weight is 265 g/mol. The molecule has 3 nitrogen and oxygen atoms in total. The zero-order valence-electron chi connectivity index (χ0n) is 12.2. The molecular formula is C16H27NO2. The summed E-state index contributed by atoms with van der Waals surface area (Å²) in [5, 5.41) is 10.5. The number of ketones is 1. The topological polar surface area (TPSA) is 40.5 Å². The number of aliphatic hydroxyl groups excluding tert-OH is 1. The van der Waals surface area contributed by atoms with Gasteiger partial charge in [-0.3, -0.25) is 9.69 Å². The van der Waals surface area contributed by atoms with Crippen LogP contribution < -0.4 is 0 Å². The van der Waals surface area contributed by atoms with Gasteiger partial charge in [0, 0.05) is 6.42 Å². The van der Waals surface area contributed by atoms with Crippen LogP contribution in [0.1, 0.15) is 39.0 Å². The lowest BCUT2D eigenvalue weighted by molar-refractivity contribution is -0.130. The van der Waals surface area contributed by atoms with Gasteiger partial charge in [-0.05, 0) is 38.8 Å². The van der Waals surface area contributed by atoms with Crippen LogP contribution in [0.25, 0.3) is 0 Å².